The zero-order chi connectivity index (χ0) is 26.5. The molecule has 0 aliphatic carbocycles. The molecule has 0 saturated carbocycles. The molecule has 38 heavy (non-hydrogen) atoms. The van der Waals surface area contributed by atoms with Crippen LogP contribution in [0, 0.1) is 0 Å². The van der Waals surface area contributed by atoms with Gasteiger partial charge < -0.3 is 9.30 Å². The summed E-state index contributed by atoms with van der Waals surface area (Å²) in [6.07, 6.45) is 2.35. The molecule has 9 nitrogen and oxygen atoms in total. The Kier molecular flexibility index (Phi) is 7.17. The quantitative estimate of drug-likeness (QED) is 0.242. The monoisotopic (exact) mass is 508 g/mol. The number of imidazole rings is 1. The molecule has 0 fully saturated rings. The van der Waals surface area contributed by atoms with E-state index in [-0.39, 0.29) is 0 Å². The van der Waals surface area contributed by atoms with Crippen LogP contribution in [0.2, 0.25) is 0 Å². The van der Waals surface area contributed by atoms with Crippen LogP contribution in [0.15, 0.2) is 99.6 Å². The van der Waals surface area contributed by atoms with Crippen LogP contribution in [0.25, 0.3) is 11.2 Å². The first kappa shape index (κ1) is 24.8. The van der Waals surface area contributed by atoms with E-state index in [0.717, 1.165) is 27.0 Å². The van der Waals surface area contributed by atoms with Crippen LogP contribution in [0.5, 0.6) is 5.75 Å². The van der Waals surface area contributed by atoms with E-state index in [4.69, 9.17) is 4.74 Å². The standard InChI is InChI=1S/C29H28N6O3/c1-33-26-25(27(36)34(2)29(33)37)35(18-17-21-9-5-3-6-10-21)28(31-26)32-30-19-22-13-15-24(16-14-22)38-20-23-11-7-4-8-12-23/h3-16,19H,17-18,20H2,1-2H3,(H,31,32)/b30-19+. The third kappa shape index (κ3) is 5.27. The number of anilines is 1. The van der Waals surface area contributed by atoms with Gasteiger partial charge in [-0.25, -0.2) is 10.2 Å². The molecular weight excluding hydrogens is 480 g/mol. The zero-order valence-corrected chi connectivity index (χ0v) is 21.2. The summed E-state index contributed by atoms with van der Waals surface area (Å²) in [7, 11) is 3.07. The van der Waals surface area contributed by atoms with E-state index in [1.165, 1.54) is 11.6 Å². The molecule has 0 atom stereocenters. The summed E-state index contributed by atoms with van der Waals surface area (Å²) < 4.78 is 10.1. The number of nitrogens with one attached hydrogen (secondary N) is 1. The lowest BCUT2D eigenvalue weighted by Gasteiger charge is -2.09. The molecule has 5 rings (SSSR count). The predicted molar refractivity (Wildman–Crippen MR) is 149 cm³/mol. The van der Waals surface area contributed by atoms with Gasteiger partial charge in [-0.3, -0.25) is 13.9 Å². The van der Waals surface area contributed by atoms with Crippen LogP contribution < -0.4 is 21.4 Å². The molecule has 0 unspecified atom stereocenters. The van der Waals surface area contributed by atoms with Crippen molar-refractivity contribution in [3.05, 3.63) is 122 Å². The number of ether oxygens (including phenoxy) is 1. The van der Waals surface area contributed by atoms with Gasteiger partial charge >= 0.3 is 5.69 Å². The number of hydrazone groups is 1. The summed E-state index contributed by atoms with van der Waals surface area (Å²) in [5.74, 6) is 1.15. The van der Waals surface area contributed by atoms with Crippen molar-refractivity contribution in [2.45, 2.75) is 19.6 Å². The van der Waals surface area contributed by atoms with Crippen molar-refractivity contribution in [3.63, 3.8) is 0 Å². The summed E-state index contributed by atoms with van der Waals surface area (Å²) in [4.78, 5) is 30.1. The first-order chi connectivity index (χ1) is 18.5. The van der Waals surface area contributed by atoms with E-state index >= 15 is 0 Å². The van der Waals surface area contributed by atoms with Gasteiger partial charge in [-0.15, -0.1) is 0 Å². The smallest absolute Gasteiger partial charge is 0.332 e. The summed E-state index contributed by atoms with van der Waals surface area (Å²) in [6, 6.07) is 27.6. The second-order valence-electron chi connectivity index (χ2n) is 8.91. The van der Waals surface area contributed by atoms with Crippen LogP contribution in [-0.2, 0) is 33.7 Å². The molecule has 2 heterocycles. The van der Waals surface area contributed by atoms with Crippen molar-refractivity contribution >= 4 is 23.3 Å². The largest absolute Gasteiger partial charge is 0.489 e. The van der Waals surface area contributed by atoms with Gasteiger partial charge in [-0.05, 0) is 47.4 Å². The number of fused-ring (bicyclic) bond motifs is 1. The molecule has 192 valence electrons. The molecule has 0 amide bonds. The van der Waals surface area contributed by atoms with Gasteiger partial charge in [-0.1, -0.05) is 60.7 Å². The molecule has 0 spiro atoms. The molecule has 0 aliphatic heterocycles. The predicted octanol–water partition coefficient (Wildman–Crippen LogP) is 3.70. The Morgan fingerprint density at radius 1 is 0.868 bits per heavy atom. The number of hydrogen-bond donors (Lipinski definition) is 1. The topological polar surface area (TPSA) is 95.4 Å². The highest BCUT2D eigenvalue weighted by atomic mass is 16.5. The fourth-order valence-corrected chi connectivity index (χ4v) is 4.19. The van der Waals surface area contributed by atoms with Crippen molar-refractivity contribution in [3.8, 4) is 5.75 Å². The van der Waals surface area contributed by atoms with E-state index in [9.17, 15) is 9.59 Å². The third-order valence-corrected chi connectivity index (χ3v) is 6.32. The van der Waals surface area contributed by atoms with Crippen molar-refractivity contribution in [1.82, 2.24) is 18.7 Å². The highest BCUT2D eigenvalue weighted by Gasteiger charge is 2.19. The lowest BCUT2D eigenvalue weighted by Crippen LogP contribution is -2.37. The van der Waals surface area contributed by atoms with Crippen LogP contribution >= 0.6 is 0 Å². The maximum atomic E-state index is 13.0. The van der Waals surface area contributed by atoms with Crippen molar-refractivity contribution < 1.29 is 4.74 Å². The van der Waals surface area contributed by atoms with Crippen LogP contribution in [0.4, 0.5) is 5.95 Å². The molecule has 0 bridgehead atoms. The Hall–Kier alpha value is -4.92. The SMILES string of the molecule is Cn1c(=O)c2c(nc(N/N=C/c3ccc(OCc4ccccc4)cc3)n2CCc2ccccc2)n(C)c1=O. The maximum Gasteiger partial charge on any atom is 0.332 e. The van der Waals surface area contributed by atoms with Gasteiger partial charge in [0.25, 0.3) is 5.56 Å². The summed E-state index contributed by atoms with van der Waals surface area (Å²) >= 11 is 0. The van der Waals surface area contributed by atoms with E-state index < -0.39 is 11.2 Å². The van der Waals surface area contributed by atoms with Gasteiger partial charge in [0.15, 0.2) is 11.2 Å². The second kappa shape index (κ2) is 11.0. The number of hydrogen-bond acceptors (Lipinski definition) is 6. The summed E-state index contributed by atoms with van der Waals surface area (Å²) in [5, 5.41) is 4.35. The number of aryl methyl sites for hydroxylation is 3. The van der Waals surface area contributed by atoms with Gasteiger partial charge in [0.1, 0.15) is 12.4 Å². The molecule has 0 saturated heterocycles. The first-order valence-electron chi connectivity index (χ1n) is 12.3. The lowest BCUT2D eigenvalue weighted by atomic mass is 10.1. The normalized spacial score (nSPS) is 11.3. The Morgan fingerprint density at radius 3 is 2.21 bits per heavy atom. The van der Waals surface area contributed by atoms with Crippen molar-refractivity contribution in [2.24, 2.45) is 19.2 Å². The Balaban J connectivity index is 1.36. The molecule has 3 aromatic carbocycles. The van der Waals surface area contributed by atoms with Crippen LogP contribution in [0.1, 0.15) is 16.7 Å². The van der Waals surface area contributed by atoms with E-state index in [1.807, 2.05) is 84.9 Å². The summed E-state index contributed by atoms with van der Waals surface area (Å²) in [5.41, 5.74) is 5.89. The molecule has 9 heteroatoms. The van der Waals surface area contributed by atoms with Gasteiger partial charge in [-0.2, -0.15) is 10.1 Å². The second-order valence-corrected chi connectivity index (χ2v) is 8.91. The molecule has 1 N–H and O–H groups in total. The van der Waals surface area contributed by atoms with Crippen molar-refractivity contribution in [1.29, 1.82) is 0 Å². The Morgan fingerprint density at radius 2 is 1.53 bits per heavy atom. The molecule has 2 aromatic heterocycles. The maximum absolute atomic E-state index is 13.0. The average molecular weight is 509 g/mol. The van der Waals surface area contributed by atoms with Crippen LogP contribution in [0.3, 0.4) is 0 Å². The minimum atomic E-state index is -0.431. The van der Waals surface area contributed by atoms with E-state index in [1.54, 1.807) is 17.8 Å². The Bertz CT molecular complexity index is 1680. The van der Waals surface area contributed by atoms with Crippen LogP contribution in [-0.4, -0.2) is 24.9 Å². The lowest BCUT2D eigenvalue weighted by molar-refractivity contribution is 0.306. The highest BCUT2D eigenvalue weighted by Crippen LogP contribution is 2.18. The number of rotatable bonds is 9. The molecular formula is C29H28N6O3. The van der Waals surface area contributed by atoms with E-state index in [0.29, 0.717) is 36.7 Å². The molecule has 0 aliphatic rings. The fraction of sp³-hybridized carbons (Fsp3) is 0.172. The molecule has 5 aromatic rings. The highest BCUT2D eigenvalue weighted by molar-refractivity contribution is 5.80. The number of benzene rings is 3. The minimum absolute atomic E-state index is 0.309. The third-order valence-electron chi connectivity index (χ3n) is 6.32. The van der Waals surface area contributed by atoms with Gasteiger partial charge in [0, 0.05) is 20.6 Å². The van der Waals surface area contributed by atoms with Crippen molar-refractivity contribution in [2.75, 3.05) is 5.43 Å². The number of nitrogens with zero attached hydrogens (tertiary/aromatic N) is 5. The summed E-state index contributed by atoms with van der Waals surface area (Å²) in [6.45, 7) is 0.982. The first-order valence-corrected chi connectivity index (χ1v) is 12.3. The van der Waals surface area contributed by atoms with Gasteiger partial charge in [0.2, 0.25) is 5.95 Å². The average Bonchev–Trinajstić information content (AvgIpc) is 3.33. The minimum Gasteiger partial charge on any atom is -0.489 e. The molecule has 0 radical (unpaired) electrons. The Labute approximate surface area is 219 Å². The zero-order valence-electron chi connectivity index (χ0n) is 21.2. The fourth-order valence-electron chi connectivity index (χ4n) is 4.19. The van der Waals surface area contributed by atoms with Gasteiger partial charge in [0.05, 0.1) is 6.21 Å². The van der Waals surface area contributed by atoms with E-state index in [2.05, 4.69) is 15.5 Å². The number of aromatic nitrogens is 4.